The van der Waals surface area contributed by atoms with Crippen LogP contribution in [0.3, 0.4) is 0 Å². The Morgan fingerprint density at radius 3 is 3.00 bits per heavy atom. The number of hydrogen-bond acceptors (Lipinski definition) is 2. The maximum atomic E-state index is 10.7. The van der Waals surface area contributed by atoms with Gasteiger partial charge in [0.2, 0.25) is 0 Å². The van der Waals surface area contributed by atoms with Gasteiger partial charge in [-0.3, -0.25) is 4.79 Å². The number of aryl methyl sites for hydroxylation is 1. The third-order valence-corrected chi connectivity index (χ3v) is 2.29. The van der Waals surface area contributed by atoms with Crippen molar-refractivity contribution in [3.8, 4) is 5.75 Å². The molecule has 1 heterocycles. The summed E-state index contributed by atoms with van der Waals surface area (Å²) in [4.78, 5) is 10.7. The van der Waals surface area contributed by atoms with Crippen molar-refractivity contribution in [3.63, 3.8) is 0 Å². The van der Waals surface area contributed by atoms with Gasteiger partial charge in [-0.15, -0.1) is 0 Å². The molecule has 0 N–H and O–H groups in total. The van der Waals surface area contributed by atoms with E-state index in [4.69, 9.17) is 4.74 Å². The summed E-state index contributed by atoms with van der Waals surface area (Å²) in [6.07, 6.45) is 1.98. The molecule has 0 aromatic heterocycles. The highest BCUT2D eigenvalue weighted by molar-refractivity contribution is 5.81. The summed E-state index contributed by atoms with van der Waals surface area (Å²) in [5.74, 6) is 0.785. The first-order valence-corrected chi connectivity index (χ1v) is 4.46. The van der Waals surface area contributed by atoms with Gasteiger partial charge in [-0.1, -0.05) is 6.07 Å². The van der Waals surface area contributed by atoms with Crippen LogP contribution >= 0.6 is 0 Å². The summed E-state index contributed by atoms with van der Waals surface area (Å²) in [5, 5.41) is 0. The van der Waals surface area contributed by atoms with E-state index in [9.17, 15) is 4.79 Å². The number of carbonyl (C=O) groups is 1. The molecule has 1 aromatic rings. The topological polar surface area (TPSA) is 26.3 Å². The van der Waals surface area contributed by atoms with Gasteiger partial charge < -0.3 is 4.74 Å². The number of ether oxygens (including phenoxy) is 1. The van der Waals surface area contributed by atoms with Gasteiger partial charge in [0.1, 0.15) is 11.9 Å². The fourth-order valence-corrected chi connectivity index (χ4v) is 1.81. The Morgan fingerprint density at radius 2 is 2.31 bits per heavy atom. The Morgan fingerprint density at radius 1 is 1.54 bits per heavy atom. The zero-order valence-corrected chi connectivity index (χ0v) is 7.83. The molecule has 0 radical (unpaired) electrons. The van der Waals surface area contributed by atoms with Gasteiger partial charge in [-0.25, -0.2) is 0 Å². The molecule has 1 aromatic carbocycles. The Bertz CT molecular complexity index is 355. The van der Waals surface area contributed by atoms with Gasteiger partial charge in [0, 0.05) is 6.42 Å². The van der Waals surface area contributed by atoms with Gasteiger partial charge >= 0.3 is 0 Å². The van der Waals surface area contributed by atoms with Crippen molar-refractivity contribution in [1.29, 1.82) is 0 Å². The molecule has 2 rings (SSSR count). The van der Waals surface area contributed by atoms with Crippen LogP contribution in [0.2, 0.25) is 0 Å². The average molecular weight is 176 g/mol. The van der Waals surface area contributed by atoms with Gasteiger partial charge in [-0.05, 0) is 31.0 Å². The van der Waals surface area contributed by atoms with Crippen molar-refractivity contribution >= 4 is 6.29 Å². The first-order chi connectivity index (χ1) is 6.20. The van der Waals surface area contributed by atoms with Crippen LogP contribution in [-0.2, 0) is 6.42 Å². The summed E-state index contributed by atoms with van der Waals surface area (Å²) in [6, 6.07) is 3.95. The van der Waals surface area contributed by atoms with E-state index in [1.165, 1.54) is 0 Å². The maximum Gasteiger partial charge on any atom is 0.153 e. The van der Waals surface area contributed by atoms with Crippen LogP contribution in [0.15, 0.2) is 12.1 Å². The number of fused-ring (bicyclic) bond motifs is 1. The third kappa shape index (κ3) is 1.32. The lowest BCUT2D eigenvalue weighted by molar-refractivity contribution is 0.111. The third-order valence-electron chi connectivity index (χ3n) is 2.29. The normalized spacial score (nSPS) is 19.4. The molecule has 1 unspecified atom stereocenters. The predicted molar refractivity (Wildman–Crippen MR) is 50.4 cm³/mol. The van der Waals surface area contributed by atoms with Gasteiger partial charge in [-0.2, -0.15) is 0 Å². The van der Waals surface area contributed by atoms with Crippen LogP contribution in [0.5, 0.6) is 5.75 Å². The number of aldehydes is 1. The first kappa shape index (κ1) is 8.30. The Hall–Kier alpha value is -1.31. The second-order valence-corrected chi connectivity index (χ2v) is 3.59. The fourth-order valence-electron chi connectivity index (χ4n) is 1.81. The summed E-state index contributed by atoms with van der Waals surface area (Å²) < 4.78 is 5.55. The van der Waals surface area contributed by atoms with Gasteiger partial charge in [0.05, 0.1) is 5.56 Å². The molecule has 0 bridgehead atoms. The van der Waals surface area contributed by atoms with Crippen LogP contribution in [0, 0.1) is 6.92 Å². The number of hydrogen-bond donors (Lipinski definition) is 0. The average Bonchev–Trinajstić information content (AvgIpc) is 2.43. The molecule has 2 nitrogen and oxygen atoms in total. The second-order valence-electron chi connectivity index (χ2n) is 3.59. The molecule has 0 aliphatic carbocycles. The minimum Gasteiger partial charge on any atom is -0.489 e. The first-order valence-electron chi connectivity index (χ1n) is 4.46. The Labute approximate surface area is 77.5 Å². The van der Waals surface area contributed by atoms with Crippen molar-refractivity contribution in [3.05, 3.63) is 28.8 Å². The van der Waals surface area contributed by atoms with Crippen LogP contribution in [-0.4, -0.2) is 12.4 Å². The predicted octanol–water partition coefficient (Wildman–Crippen LogP) is 2.13. The second kappa shape index (κ2) is 2.87. The summed E-state index contributed by atoms with van der Waals surface area (Å²) >= 11 is 0. The van der Waals surface area contributed by atoms with Crippen molar-refractivity contribution in [2.45, 2.75) is 26.4 Å². The van der Waals surface area contributed by atoms with E-state index in [0.717, 1.165) is 29.6 Å². The highest BCUT2D eigenvalue weighted by atomic mass is 16.5. The Balaban J connectivity index is 2.56. The van der Waals surface area contributed by atoms with Crippen LogP contribution in [0.1, 0.15) is 28.4 Å². The van der Waals surface area contributed by atoms with E-state index in [1.54, 1.807) is 0 Å². The zero-order chi connectivity index (χ0) is 9.42. The van der Waals surface area contributed by atoms with Crippen LogP contribution < -0.4 is 4.74 Å². The molecule has 1 aliphatic heterocycles. The lowest BCUT2D eigenvalue weighted by Crippen LogP contribution is -2.05. The zero-order valence-electron chi connectivity index (χ0n) is 7.83. The summed E-state index contributed by atoms with van der Waals surface area (Å²) in [5.41, 5.74) is 2.97. The molecular weight excluding hydrogens is 164 g/mol. The largest absolute Gasteiger partial charge is 0.489 e. The molecule has 1 aliphatic rings. The molecule has 1 atom stereocenters. The highest BCUT2D eigenvalue weighted by Gasteiger charge is 2.21. The molecule has 13 heavy (non-hydrogen) atoms. The van der Waals surface area contributed by atoms with E-state index in [2.05, 4.69) is 6.07 Å². The monoisotopic (exact) mass is 176 g/mol. The minimum absolute atomic E-state index is 0.204. The smallest absolute Gasteiger partial charge is 0.153 e. The molecule has 0 saturated heterocycles. The van der Waals surface area contributed by atoms with Crippen molar-refractivity contribution in [2.75, 3.05) is 0 Å². The van der Waals surface area contributed by atoms with E-state index in [1.807, 2.05) is 19.9 Å². The maximum absolute atomic E-state index is 10.7. The molecule has 0 fully saturated rings. The van der Waals surface area contributed by atoms with Gasteiger partial charge in [0.15, 0.2) is 6.29 Å². The van der Waals surface area contributed by atoms with Crippen molar-refractivity contribution < 1.29 is 9.53 Å². The Kier molecular flexibility index (Phi) is 1.83. The number of benzene rings is 1. The molecule has 2 heteroatoms. The lowest BCUT2D eigenvalue weighted by Gasteiger charge is -2.05. The SMILES string of the molecule is Cc1cc(C=O)c2c(c1)CC(C)O2. The standard InChI is InChI=1S/C11H12O2/c1-7-3-9-5-8(2)13-11(9)10(4-7)6-12/h3-4,6,8H,5H2,1-2H3. The quantitative estimate of drug-likeness (QED) is 0.613. The molecular formula is C11H12O2. The van der Waals surface area contributed by atoms with E-state index in [0.29, 0.717) is 5.56 Å². The summed E-state index contributed by atoms with van der Waals surface area (Å²) in [6.45, 7) is 4.01. The van der Waals surface area contributed by atoms with Crippen molar-refractivity contribution in [2.24, 2.45) is 0 Å². The molecule has 0 saturated carbocycles. The van der Waals surface area contributed by atoms with E-state index in [-0.39, 0.29) is 6.10 Å². The van der Waals surface area contributed by atoms with Crippen molar-refractivity contribution in [1.82, 2.24) is 0 Å². The minimum atomic E-state index is 0.204. The summed E-state index contributed by atoms with van der Waals surface area (Å²) in [7, 11) is 0. The van der Waals surface area contributed by atoms with Gasteiger partial charge in [0.25, 0.3) is 0 Å². The molecule has 0 spiro atoms. The van der Waals surface area contributed by atoms with Crippen LogP contribution in [0.25, 0.3) is 0 Å². The molecule has 0 amide bonds. The number of carbonyl (C=O) groups excluding carboxylic acids is 1. The van der Waals surface area contributed by atoms with E-state index >= 15 is 0 Å². The molecule has 68 valence electrons. The highest BCUT2D eigenvalue weighted by Crippen LogP contribution is 2.32. The van der Waals surface area contributed by atoms with Crippen LogP contribution in [0.4, 0.5) is 0 Å². The number of rotatable bonds is 1. The fraction of sp³-hybridized carbons (Fsp3) is 0.364. The van der Waals surface area contributed by atoms with E-state index < -0.39 is 0 Å². The lowest BCUT2D eigenvalue weighted by atomic mass is 10.0.